The Kier molecular flexibility index (Phi) is 8.76. The summed E-state index contributed by atoms with van der Waals surface area (Å²) in [7, 11) is 0. The summed E-state index contributed by atoms with van der Waals surface area (Å²) < 4.78 is 15.0. The molecule has 0 amide bonds. The van der Waals surface area contributed by atoms with E-state index in [9.17, 15) is 0 Å². The first-order chi connectivity index (χ1) is 33.7. The zero-order chi connectivity index (χ0) is 44.7. The average Bonchev–Trinajstić information content (AvgIpc) is 4.10. The first kappa shape index (κ1) is 38.6. The Labute approximate surface area is 396 Å². The SMILES string of the molecule is c1ccc2c(c1)oc1ccc(-c3ccc4cc(-c5ccc(N(c6ccc(-c7cccc8oc9ccccc9c78)cc6)c6ccc(-c7cccc8sc9ccccc9c78)cc6)cc5)ccc4c3)cc12. The van der Waals surface area contributed by atoms with E-state index in [-0.39, 0.29) is 0 Å². The fourth-order valence-corrected chi connectivity index (χ4v) is 11.5. The molecular weight excluding hydrogens is 847 g/mol. The van der Waals surface area contributed by atoms with E-state index >= 15 is 0 Å². The van der Waals surface area contributed by atoms with E-state index in [0.29, 0.717) is 0 Å². The number of fused-ring (bicyclic) bond motifs is 10. The Balaban J connectivity index is 0.819. The Morgan fingerprint density at radius 1 is 0.279 bits per heavy atom. The van der Waals surface area contributed by atoms with Crippen LogP contribution in [-0.2, 0) is 0 Å². The zero-order valence-electron chi connectivity index (χ0n) is 36.7. The summed E-state index contributed by atoms with van der Waals surface area (Å²) in [6, 6.07) is 85.4. The molecule has 0 bridgehead atoms. The molecule has 0 aliphatic rings. The minimum absolute atomic E-state index is 0.898. The van der Waals surface area contributed by atoms with Crippen molar-refractivity contribution in [1.82, 2.24) is 0 Å². The number of nitrogens with zero attached hydrogens (tertiary/aromatic N) is 1. The molecule has 68 heavy (non-hydrogen) atoms. The van der Waals surface area contributed by atoms with Gasteiger partial charge in [-0.2, -0.15) is 0 Å². The van der Waals surface area contributed by atoms with E-state index in [1.54, 1.807) is 0 Å². The smallest absolute Gasteiger partial charge is 0.136 e. The van der Waals surface area contributed by atoms with E-state index in [1.165, 1.54) is 64.3 Å². The highest BCUT2D eigenvalue weighted by Crippen LogP contribution is 2.43. The van der Waals surface area contributed by atoms with E-state index in [0.717, 1.165) is 72.1 Å². The number of hydrogen-bond acceptors (Lipinski definition) is 4. The second-order valence-electron chi connectivity index (χ2n) is 17.6. The molecule has 14 rings (SSSR count). The topological polar surface area (TPSA) is 29.5 Å². The molecule has 4 heteroatoms. The first-order valence-electron chi connectivity index (χ1n) is 23.0. The zero-order valence-corrected chi connectivity index (χ0v) is 37.5. The van der Waals surface area contributed by atoms with E-state index in [2.05, 4.69) is 217 Å². The fraction of sp³-hybridized carbons (Fsp3) is 0. The lowest BCUT2D eigenvalue weighted by Crippen LogP contribution is -2.09. The van der Waals surface area contributed by atoms with Gasteiger partial charge in [-0.1, -0.05) is 146 Å². The predicted octanol–water partition coefficient (Wildman–Crippen LogP) is 19.1. The van der Waals surface area contributed by atoms with Crippen molar-refractivity contribution in [2.24, 2.45) is 0 Å². The summed E-state index contributed by atoms with van der Waals surface area (Å²) in [4.78, 5) is 2.36. The molecular formula is C64H39NO2S. The van der Waals surface area contributed by atoms with E-state index < -0.39 is 0 Å². The normalized spacial score (nSPS) is 11.8. The highest BCUT2D eigenvalue weighted by molar-refractivity contribution is 7.25. The lowest BCUT2D eigenvalue weighted by Gasteiger charge is -2.26. The maximum atomic E-state index is 6.27. The van der Waals surface area contributed by atoms with Crippen LogP contribution in [0.5, 0.6) is 0 Å². The third-order valence-electron chi connectivity index (χ3n) is 13.7. The molecule has 0 atom stereocenters. The minimum atomic E-state index is 0.898. The molecule has 0 aliphatic heterocycles. The molecule has 0 N–H and O–H groups in total. The number of furan rings is 2. The maximum Gasteiger partial charge on any atom is 0.136 e. The lowest BCUT2D eigenvalue weighted by molar-refractivity contribution is 0.668. The highest BCUT2D eigenvalue weighted by Gasteiger charge is 2.18. The van der Waals surface area contributed by atoms with Crippen LogP contribution >= 0.6 is 11.3 Å². The molecule has 3 heterocycles. The molecule has 0 spiro atoms. The minimum Gasteiger partial charge on any atom is -0.456 e. The summed E-state index contributed by atoms with van der Waals surface area (Å²) >= 11 is 1.86. The monoisotopic (exact) mass is 885 g/mol. The number of benzene rings is 11. The summed E-state index contributed by atoms with van der Waals surface area (Å²) in [6.45, 7) is 0. The quantitative estimate of drug-likeness (QED) is 0.160. The fourth-order valence-electron chi connectivity index (χ4n) is 10.4. The second kappa shape index (κ2) is 15.5. The van der Waals surface area contributed by atoms with Crippen molar-refractivity contribution in [3.8, 4) is 44.5 Å². The van der Waals surface area contributed by atoms with E-state index in [1.807, 2.05) is 35.6 Å². The molecule has 0 unspecified atom stereocenters. The standard InChI is InChI=1S/C64H39NO2S/c1-4-14-57-53(9-1)56-39-47(29-36-59(56)66-57)46-22-21-44-37-43(19-20-45(44)38-46)40-23-30-48(31-24-40)65(49-32-25-41(26-33-49)51-12-7-16-60-63(51)54-10-2-5-15-58(54)67-60)50-34-27-42(28-35-50)52-13-8-18-62-64(52)55-11-3-6-17-61(55)68-62/h1-39H. The van der Waals surface area contributed by atoms with Gasteiger partial charge in [0.2, 0.25) is 0 Å². The van der Waals surface area contributed by atoms with Gasteiger partial charge in [0, 0.05) is 58.8 Å². The summed E-state index contributed by atoms with van der Waals surface area (Å²) in [5.41, 5.74) is 16.3. The molecule has 3 nitrogen and oxygen atoms in total. The van der Waals surface area contributed by atoms with Crippen LogP contribution < -0.4 is 4.90 Å². The van der Waals surface area contributed by atoms with Crippen molar-refractivity contribution >= 4 is 103 Å². The molecule has 11 aromatic carbocycles. The number of rotatable bonds is 7. The lowest BCUT2D eigenvalue weighted by atomic mass is 9.96. The van der Waals surface area contributed by atoms with Crippen LogP contribution in [0.2, 0.25) is 0 Å². The molecule has 3 aromatic heterocycles. The molecule has 14 aromatic rings. The number of para-hydroxylation sites is 2. The van der Waals surface area contributed by atoms with Gasteiger partial charge < -0.3 is 13.7 Å². The molecule has 0 radical (unpaired) electrons. The van der Waals surface area contributed by atoms with Gasteiger partial charge in [-0.3, -0.25) is 0 Å². The third-order valence-corrected chi connectivity index (χ3v) is 14.8. The van der Waals surface area contributed by atoms with Crippen molar-refractivity contribution in [1.29, 1.82) is 0 Å². The third kappa shape index (κ3) is 6.34. The van der Waals surface area contributed by atoms with Crippen molar-refractivity contribution in [2.75, 3.05) is 4.90 Å². The number of hydrogen-bond donors (Lipinski definition) is 0. The van der Waals surface area contributed by atoms with Crippen LogP contribution in [-0.4, -0.2) is 0 Å². The number of anilines is 3. The van der Waals surface area contributed by atoms with Gasteiger partial charge in [-0.25, -0.2) is 0 Å². The summed E-state index contributed by atoms with van der Waals surface area (Å²) in [6.07, 6.45) is 0. The van der Waals surface area contributed by atoms with Gasteiger partial charge in [-0.05, 0) is 146 Å². The van der Waals surface area contributed by atoms with Crippen LogP contribution in [0.25, 0.3) is 119 Å². The van der Waals surface area contributed by atoms with Crippen LogP contribution in [0.4, 0.5) is 17.1 Å². The van der Waals surface area contributed by atoms with Crippen LogP contribution in [0, 0.1) is 0 Å². The molecule has 0 aliphatic carbocycles. The van der Waals surface area contributed by atoms with Gasteiger partial charge in [0.1, 0.15) is 22.3 Å². The Hall–Kier alpha value is -8.70. The molecule has 0 fully saturated rings. The first-order valence-corrected chi connectivity index (χ1v) is 23.9. The summed E-state index contributed by atoms with van der Waals surface area (Å²) in [5, 5.41) is 9.59. The second-order valence-corrected chi connectivity index (χ2v) is 18.7. The van der Waals surface area contributed by atoms with Gasteiger partial charge in [0.25, 0.3) is 0 Å². The highest BCUT2D eigenvalue weighted by atomic mass is 32.1. The van der Waals surface area contributed by atoms with Crippen LogP contribution in [0.15, 0.2) is 245 Å². The van der Waals surface area contributed by atoms with Crippen molar-refractivity contribution in [3.05, 3.63) is 237 Å². The maximum absolute atomic E-state index is 6.27. The van der Waals surface area contributed by atoms with Gasteiger partial charge in [0.15, 0.2) is 0 Å². The van der Waals surface area contributed by atoms with Crippen molar-refractivity contribution in [3.63, 3.8) is 0 Å². The van der Waals surface area contributed by atoms with Crippen LogP contribution in [0.3, 0.4) is 0 Å². The summed E-state index contributed by atoms with van der Waals surface area (Å²) in [5.74, 6) is 0. The average molecular weight is 886 g/mol. The van der Waals surface area contributed by atoms with Gasteiger partial charge in [-0.15, -0.1) is 11.3 Å². The Bertz CT molecular complexity index is 4090. The Morgan fingerprint density at radius 3 is 1.43 bits per heavy atom. The predicted molar refractivity (Wildman–Crippen MR) is 288 cm³/mol. The molecule has 0 saturated heterocycles. The largest absolute Gasteiger partial charge is 0.456 e. The molecule has 318 valence electrons. The van der Waals surface area contributed by atoms with Crippen molar-refractivity contribution < 1.29 is 8.83 Å². The number of thiophene rings is 1. The van der Waals surface area contributed by atoms with E-state index in [4.69, 9.17) is 8.83 Å². The Morgan fingerprint density at radius 2 is 0.735 bits per heavy atom. The molecule has 0 saturated carbocycles. The van der Waals surface area contributed by atoms with Gasteiger partial charge >= 0.3 is 0 Å². The van der Waals surface area contributed by atoms with Crippen LogP contribution in [0.1, 0.15) is 0 Å². The van der Waals surface area contributed by atoms with Gasteiger partial charge in [0.05, 0.1) is 0 Å². The van der Waals surface area contributed by atoms with Crippen molar-refractivity contribution in [2.45, 2.75) is 0 Å².